The minimum atomic E-state index is -0.522. The van der Waals surface area contributed by atoms with E-state index < -0.39 is 6.10 Å². The maximum Gasteiger partial charge on any atom is 0.339 e. The standard InChI is InChI=1S/C11H17BrO3/c1-8-5-6-10(11(13)14-2)15-9(8)4-3-7-12/h5-6,8-10H,3-4,7H2,1-2H3/t8-,9-,10+/m1/s1. The predicted molar refractivity (Wildman–Crippen MR) is 62.0 cm³/mol. The number of hydrogen-bond donors (Lipinski definition) is 0. The second-order valence-electron chi connectivity index (χ2n) is 3.69. The molecule has 3 atom stereocenters. The van der Waals surface area contributed by atoms with Crippen LogP contribution in [-0.4, -0.2) is 30.6 Å². The van der Waals surface area contributed by atoms with Crippen molar-refractivity contribution in [2.45, 2.75) is 32.0 Å². The molecule has 1 heterocycles. The van der Waals surface area contributed by atoms with E-state index in [0.717, 1.165) is 18.2 Å². The summed E-state index contributed by atoms with van der Waals surface area (Å²) < 4.78 is 10.3. The van der Waals surface area contributed by atoms with Crippen molar-refractivity contribution in [2.24, 2.45) is 5.92 Å². The molecule has 0 spiro atoms. The Morgan fingerprint density at radius 3 is 2.87 bits per heavy atom. The fraction of sp³-hybridized carbons (Fsp3) is 0.727. The molecule has 0 saturated carbocycles. The van der Waals surface area contributed by atoms with Crippen LogP contribution in [0.15, 0.2) is 12.2 Å². The minimum Gasteiger partial charge on any atom is -0.467 e. The molecule has 1 aliphatic rings. The Hall–Kier alpha value is -0.350. The second-order valence-corrected chi connectivity index (χ2v) is 4.49. The molecule has 0 N–H and O–H groups in total. The SMILES string of the molecule is COC(=O)[C@@H]1C=C[C@@H](C)[C@@H](CCCBr)O1. The van der Waals surface area contributed by atoms with Gasteiger partial charge in [0.25, 0.3) is 0 Å². The highest BCUT2D eigenvalue weighted by molar-refractivity contribution is 9.09. The van der Waals surface area contributed by atoms with E-state index >= 15 is 0 Å². The van der Waals surface area contributed by atoms with Crippen LogP contribution in [0, 0.1) is 5.92 Å². The number of alkyl halides is 1. The third kappa shape index (κ3) is 3.61. The molecule has 0 amide bonds. The zero-order valence-electron chi connectivity index (χ0n) is 9.11. The first kappa shape index (κ1) is 12.7. The van der Waals surface area contributed by atoms with Crippen molar-refractivity contribution in [2.75, 3.05) is 12.4 Å². The Kier molecular flexibility index (Phi) is 5.32. The van der Waals surface area contributed by atoms with Crippen LogP contribution in [-0.2, 0) is 14.3 Å². The van der Waals surface area contributed by atoms with E-state index in [0.29, 0.717) is 5.92 Å². The number of methoxy groups -OCH3 is 1. The lowest BCUT2D eigenvalue weighted by molar-refractivity contribution is -0.156. The Labute approximate surface area is 98.9 Å². The van der Waals surface area contributed by atoms with Crippen molar-refractivity contribution >= 4 is 21.9 Å². The zero-order valence-corrected chi connectivity index (χ0v) is 10.7. The van der Waals surface area contributed by atoms with Gasteiger partial charge in [-0.1, -0.05) is 28.9 Å². The highest BCUT2D eigenvalue weighted by atomic mass is 79.9. The molecule has 1 aliphatic heterocycles. The van der Waals surface area contributed by atoms with E-state index in [4.69, 9.17) is 4.74 Å². The Bertz CT molecular complexity index is 240. The molecule has 15 heavy (non-hydrogen) atoms. The average molecular weight is 277 g/mol. The van der Waals surface area contributed by atoms with Crippen molar-refractivity contribution in [3.8, 4) is 0 Å². The number of ether oxygens (including phenoxy) is 2. The van der Waals surface area contributed by atoms with Gasteiger partial charge in [-0.25, -0.2) is 4.79 Å². The van der Waals surface area contributed by atoms with Crippen LogP contribution in [0.1, 0.15) is 19.8 Å². The topological polar surface area (TPSA) is 35.5 Å². The summed E-state index contributed by atoms with van der Waals surface area (Å²) in [7, 11) is 1.38. The zero-order chi connectivity index (χ0) is 11.3. The summed E-state index contributed by atoms with van der Waals surface area (Å²) in [4.78, 5) is 11.3. The summed E-state index contributed by atoms with van der Waals surface area (Å²) in [6.07, 6.45) is 5.43. The summed E-state index contributed by atoms with van der Waals surface area (Å²) in [5, 5.41) is 0.964. The van der Waals surface area contributed by atoms with Crippen LogP contribution in [0.4, 0.5) is 0 Å². The van der Waals surface area contributed by atoms with Gasteiger partial charge in [-0.15, -0.1) is 0 Å². The van der Waals surface area contributed by atoms with Crippen molar-refractivity contribution in [3.63, 3.8) is 0 Å². The van der Waals surface area contributed by atoms with Crippen LogP contribution in [0.3, 0.4) is 0 Å². The van der Waals surface area contributed by atoms with Gasteiger partial charge in [0, 0.05) is 11.2 Å². The third-order valence-electron chi connectivity index (χ3n) is 2.55. The molecule has 0 radical (unpaired) electrons. The molecular weight excluding hydrogens is 260 g/mol. The number of rotatable bonds is 4. The monoisotopic (exact) mass is 276 g/mol. The first-order valence-electron chi connectivity index (χ1n) is 5.16. The quantitative estimate of drug-likeness (QED) is 0.449. The molecule has 1 rings (SSSR count). The Balaban J connectivity index is 2.53. The molecule has 0 aromatic carbocycles. The van der Waals surface area contributed by atoms with Crippen molar-refractivity contribution < 1.29 is 14.3 Å². The van der Waals surface area contributed by atoms with E-state index in [2.05, 4.69) is 27.6 Å². The number of esters is 1. The van der Waals surface area contributed by atoms with Crippen LogP contribution in [0.2, 0.25) is 0 Å². The fourth-order valence-electron chi connectivity index (χ4n) is 1.62. The van der Waals surface area contributed by atoms with Gasteiger partial charge in [-0.05, 0) is 18.9 Å². The maximum absolute atomic E-state index is 11.3. The summed E-state index contributed by atoms with van der Waals surface area (Å²) in [5.74, 6) is 0.0481. The minimum absolute atomic E-state index is 0.122. The predicted octanol–water partition coefficient (Wildman–Crippen LogP) is 2.29. The lowest BCUT2D eigenvalue weighted by Gasteiger charge is -2.29. The van der Waals surface area contributed by atoms with E-state index in [9.17, 15) is 4.79 Å². The molecule has 86 valence electrons. The third-order valence-corrected chi connectivity index (χ3v) is 3.11. The molecule has 0 saturated heterocycles. The van der Waals surface area contributed by atoms with Gasteiger partial charge in [0.05, 0.1) is 13.2 Å². The highest BCUT2D eigenvalue weighted by Gasteiger charge is 2.28. The van der Waals surface area contributed by atoms with E-state index in [1.807, 2.05) is 6.08 Å². The van der Waals surface area contributed by atoms with E-state index in [1.54, 1.807) is 6.08 Å². The maximum atomic E-state index is 11.3. The van der Waals surface area contributed by atoms with Gasteiger partial charge >= 0.3 is 5.97 Å². The number of carbonyl (C=O) groups is 1. The van der Waals surface area contributed by atoms with Crippen molar-refractivity contribution in [3.05, 3.63) is 12.2 Å². The van der Waals surface area contributed by atoms with Crippen LogP contribution in [0.5, 0.6) is 0 Å². The number of hydrogen-bond acceptors (Lipinski definition) is 3. The molecule has 4 heteroatoms. The van der Waals surface area contributed by atoms with Crippen LogP contribution < -0.4 is 0 Å². The van der Waals surface area contributed by atoms with Gasteiger partial charge in [-0.3, -0.25) is 0 Å². The first-order chi connectivity index (χ1) is 7.19. The molecule has 0 unspecified atom stereocenters. The summed E-state index contributed by atoms with van der Waals surface area (Å²) in [5.41, 5.74) is 0. The van der Waals surface area contributed by atoms with Crippen LogP contribution >= 0.6 is 15.9 Å². The first-order valence-corrected chi connectivity index (χ1v) is 6.28. The highest BCUT2D eigenvalue weighted by Crippen LogP contribution is 2.23. The van der Waals surface area contributed by atoms with Gasteiger partial charge in [0.15, 0.2) is 6.10 Å². The van der Waals surface area contributed by atoms with Crippen molar-refractivity contribution in [1.82, 2.24) is 0 Å². The second kappa shape index (κ2) is 6.28. The Morgan fingerprint density at radius 2 is 2.27 bits per heavy atom. The van der Waals surface area contributed by atoms with Gasteiger partial charge in [0.2, 0.25) is 0 Å². The molecule has 0 fully saturated rings. The normalized spacial score (nSPS) is 30.2. The number of carbonyl (C=O) groups excluding carboxylic acids is 1. The summed E-state index contributed by atoms with van der Waals surface area (Å²) in [6, 6.07) is 0. The Morgan fingerprint density at radius 1 is 1.53 bits per heavy atom. The van der Waals surface area contributed by atoms with Gasteiger partial charge in [-0.2, -0.15) is 0 Å². The fourth-order valence-corrected chi connectivity index (χ4v) is 1.94. The average Bonchev–Trinajstić information content (AvgIpc) is 2.27. The molecular formula is C11H17BrO3. The summed E-state index contributed by atoms with van der Waals surface area (Å²) >= 11 is 3.39. The van der Waals surface area contributed by atoms with Gasteiger partial charge < -0.3 is 9.47 Å². The van der Waals surface area contributed by atoms with Crippen LogP contribution in [0.25, 0.3) is 0 Å². The van der Waals surface area contributed by atoms with E-state index in [1.165, 1.54) is 7.11 Å². The van der Waals surface area contributed by atoms with E-state index in [-0.39, 0.29) is 12.1 Å². The smallest absolute Gasteiger partial charge is 0.339 e. The summed E-state index contributed by atoms with van der Waals surface area (Å²) in [6.45, 7) is 2.10. The molecule has 0 bridgehead atoms. The lowest BCUT2D eigenvalue weighted by Crippen LogP contribution is -2.35. The van der Waals surface area contributed by atoms with Crippen molar-refractivity contribution in [1.29, 1.82) is 0 Å². The molecule has 3 nitrogen and oxygen atoms in total. The molecule has 0 aliphatic carbocycles. The lowest BCUT2D eigenvalue weighted by atomic mass is 9.96. The molecule has 0 aromatic rings. The van der Waals surface area contributed by atoms with Gasteiger partial charge in [0.1, 0.15) is 0 Å². The number of halogens is 1. The largest absolute Gasteiger partial charge is 0.467 e. The molecule has 0 aromatic heterocycles.